The predicted molar refractivity (Wildman–Crippen MR) is 264 cm³/mol. The highest BCUT2D eigenvalue weighted by atomic mass is 16.3. The van der Waals surface area contributed by atoms with Crippen molar-refractivity contribution in [1.82, 2.24) is 0 Å². The summed E-state index contributed by atoms with van der Waals surface area (Å²) in [4.78, 5) is 2.43. The second-order valence-corrected chi connectivity index (χ2v) is 16.7. The number of para-hydroxylation sites is 1. The summed E-state index contributed by atoms with van der Waals surface area (Å²) < 4.78 is 13.8. The number of hydrogen-bond donors (Lipinski definition) is 0. The zero-order chi connectivity index (χ0) is 42.2. The van der Waals surface area contributed by atoms with Gasteiger partial charge in [0.1, 0.15) is 22.3 Å². The average Bonchev–Trinajstić information content (AvgIpc) is 4.03. The molecule has 0 fully saturated rings. The minimum Gasteiger partial charge on any atom is -0.456 e. The van der Waals surface area contributed by atoms with E-state index in [1.165, 1.54) is 33.4 Å². The van der Waals surface area contributed by atoms with Crippen molar-refractivity contribution in [3.63, 3.8) is 0 Å². The van der Waals surface area contributed by atoms with Gasteiger partial charge in [-0.3, -0.25) is 0 Å². The maximum absolute atomic E-state index is 7.12. The van der Waals surface area contributed by atoms with Gasteiger partial charge in [-0.1, -0.05) is 188 Å². The van der Waals surface area contributed by atoms with Gasteiger partial charge in [0.05, 0.1) is 16.5 Å². The Labute approximate surface area is 370 Å². The molecule has 0 saturated carbocycles. The van der Waals surface area contributed by atoms with E-state index in [2.05, 4.69) is 229 Å². The van der Waals surface area contributed by atoms with Crippen LogP contribution in [0.3, 0.4) is 0 Å². The maximum atomic E-state index is 7.12. The molecule has 0 aliphatic heterocycles. The number of furan rings is 2. The van der Waals surface area contributed by atoms with Crippen molar-refractivity contribution in [2.75, 3.05) is 4.90 Å². The molecular weight excluding hydrogens is 779 g/mol. The fourth-order valence-corrected chi connectivity index (χ4v) is 10.7. The zero-order valence-corrected chi connectivity index (χ0v) is 34.8. The number of fused-ring (bicyclic) bond motifs is 9. The predicted octanol–water partition coefficient (Wildman–Crippen LogP) is 16.7. The first-order chi connectivity index (χ1) is 31.8. The fraction of sp³-hybridized carbons (Fsp3) is 0.0164. The third kappa shape index (κ3) is 5.34. The van der Waals surface area contributed by atoms with Gasteiger partial charge >= 0.3 is 0 Å². The molecule has 1 aliphatic carbocycles. The molecule has 2 aromatic heterocycles. The molecule has 12 aromatic rings. The molecule has 1 aliphatic rings. The van der Waals surface area contributed by atoms with Crippen molar-refractivity contribution in [3.05, 3.63) is 259 Å². The lowest BCUT2D eigenvalue weighted by molar-refractivity contribution is 0.664. The Morgan fingerprint density at radius 3 is 1.70 bits per heavy atom. The van der Waals surface area contributed by atoms with Crippen molar-refractivity contribution >= 4 is 60.9 Å². The van der Waals surface area contributed by atoms with Crippen molar-refractivity contribution < 1.29 is 8.83 Å². The van der Waals surface area contributed by atoms with Crippen molar-refractivity contribution in [3.8, 4) is 33.4 Å². The number of nitrogens with zero attached hydrogens (tertiary/aromatic N) is 1. The highest BCUT2D eigenvalue weighted by Crippen LogP contribution is 2.58. The molecule has 0 spiro atoms. The Balaban J connectivity index is 1.13. The molecule has 0 atom stereocenters. The minimum absolute atomic E-state index is 0.562. The average molecular weight is 818 g/mol. The molecular formula is C61H39NO2. The lowest BCUT2D eigenvalue weighted by Crippen LogP contribution is -2.28. The molecule has 3 nitrogen and oxygen atoms in total. The van der Waals surface area contributed by atoms with Gasteiger partial charge < -0.3 is 13.7 Å². The zero-order valence-electron chi connectivity index (χ0n) is 34.8. The third-order valence-corrected chi connectivity index (χ3v) is 13.3. The quantitative estimate of drug-likeness (QED) is 0.160. The third-order valence-electron chi connectivity index (χ3n) is 13.3. The SMILES string of the molecule is c1ccc(-c2cccc(N(c3ccc4c(c3)C(c3ccccc3)(c3ccccc3)c3ccccc3-4)c3cccc4oc5c(-c6ccccc6)c6c(cc5c34)oc3ccccc36)c2)cc1. The molecule has 300 valence electrons. The van der Waals surface area contributed by atoms with Crippen LogP contribution in [0.5, 0.6) is 0 Å². The highest BCUT2D eigenvalue weighted by Gasteiger charge is 2.46. The Hall–Kier alpha value is -8.40. The lowest BCUT2D eigenvalue weighted by atomic mass is 9.67. The topological polar surface area (TPSA) is 29.5 Å². The van der Waals surface area contributed by atoms with Crippen LogP contribution in [0.1, 0.15) is 22.3 Å². The second-order valence-electron chi connectivity index (χ2n) is 16.7. The smallest absolute Gasteiger partial charge is 0.144 e. The van der Waals surface area contributed by atoms with Crippen LogP contribution >= 0.6 is 0 Å². The van der Waals surface area contributed by atoms with Crippen LogP contribution in [0.25, 0.3) is 77.3 Å². The van der Waals surface area contributed by atoms with E-state index in [9.17, 15) is 0 Å². The van der Waals surface area contributed by atoms with E-state index in [1.54, 1.807) is 0 Å². The van der Waals surface area contributed by atoms with E-state index in [0.717, 1.165) is 83.2 Å². The fourth-order valence-electron chi connectivity index (χ4n) is 10.7. The largest absolute Gasteiger partial charge is 0.456 e. The van der Waals surface area contributed by atoms with Crippen LogP contribution in [0, 0.1) is 0 Å². The summed E-state index contributed by atoms with van der Waals surface area (Å²) in [5.74, 6) is 0. The molecule has 0 bridgehead atoms. The molecule has 0 N–H and O–H groups in total. The van der Waals surface area contributed by atoms with Gasteiger partial charge in [0.2, 0.25) is 0 Å². The van der Waals surface area contributed by atoms with Gasteiger partial charge in [0.25, 0.3) is 0 Å². The summed E-state index contributed by atoms with van der Waals surface area (Å²) >= 11 is 0. The first kappa shape index (κ1) is 36.3. The molecule has 3 heteroatoms. The molecule has 10 aromatic carbocycles. The van der Waals surface area contributed by atoms with E-state index >= 15 is 0 Å². The normalized spacial score (nSPS) is 12.8. The summed E-state index contributed by atoms with van der Waals surface area (Å²) in [5.41, 5.74) is 17.7. The van der Waals surface area contributed by atoms with Crippen LogP contribution in [0.4, 0.5) is 17.1 Å². The summed E-state index contributed by atoms with van der Waals surface area (Å²) in [5, 5.41) is 4.14. The van der Waals surface area contributed by atoms with Gasteiger partial charge in [-0.25, -0.2) is 0 Å². The Kier molecular flexibility index (Phi) is 8.13. The molecule has 13 rings (SSSR count). The van der Waals surface area contributed by atoms with Gasteiger partial charge in [-0.2, -0.15) is 0 Å². The Bertz CT molecular complexity index is 3680. The van der Waals surface area contributed by atoms with E-state index in [1.807, 2.05) is 12.1 Å². The Morgan fingerprint density at radius 1 is 0.344 bits per heavy atom. The first-order valence-electron chi connectivity index (χ1n) is 21.9. The van der Waals surface area contributed by atoms with Gasteiger partial charge in [-0.15, -0.1) is 0 Å². The molecule has 0 saturated heterocycles. The van der Waals surface area contributed by atoms with Crippen molar-refractivity contribution in [2.45, 2.75) is 5.41 Å². The van der Waals surface area contributed by atoms with E-state index in [0.29, 0.717) is 0 Å². The summed E-state index contributed by atoms with van der Waals surface area (Å²) in [6, 6.07) is 85.1. The van der Waals surface area contributed by atoms with Gasteiger partial charge in [0.15, 0.2) is 0 Å². The minimum atomic E-state index is -0.562. The second kappa shape index (κ2) is 14.3. The van der Waals surface area contributed by atoms with Crippen LogP contribution in [0.15, 0.2) is 245 Å². The highest BCUT2D eigenvalue weighted by molar-refractivity contribution is 6.25. The van der Waals surface area contributed by atoms with E-state index in [4.69, 9.17) is 8.83 Å². The molecule has 2 heterocycles. The summed E-state index contributed by atoms with van der Waals surface area (Å²) in [7, 11) is 0. The van der Waals surface area contributed by atoms with E-state index in [-0.39, 0.29) is 0 Å². The van der Waals surface area contributed by atoms with E-state index < -0.39 is 5.41 Å². The van der Waals surface area contributed by atoms with Crippen LogP contribution in [-0.2, 0) is 5.41 Å². The first-order valence-corrected chi connectivity index (χ1v) is 21.9. The number of anilines is 3. The molecule has 0 amide bonds. The van der Waals surface area contributed by atoms with Crippen LogP contribution in [0.2, 0.25) is 0 Å². The summed E-state index contributed by atoms with van der Waals surface area (Å²) in [6.07, 6.45) is 0. The van der Waals surface area contributed by atoms with Gasteiger partial charge in [-0.05, 0) is 98.6 Å². The van der Waals surface area contributed by atoms with Crippen LogP contribution < -0.4 is 4.90 Å². The molecule has 0 radical (unpaired) electrons. The number of hydrogen-bond acceptors (Lipinski definition) is 3. The lowest BCUT2D eigenvalue weighted by Gasteiger charge is -2.35. The summed E-state index contributed by atoms with van der Waals surface area (Å²) in [6.45, 7) is 0. The van der Waals surface area contributed by atoms with Gasteiger partial charge in [0, 0.05) is 33.1 Å². The maximum Gasteiger partial charge on any atom is 0.144 e. The van der Waals surface area contributed by atoms with Crippen LogP contribution in [-0.4, -0.2) is 0 Å². The monoisotopic (exact) mass is 817 g/mol. The molecule has 0 unspecified atom stereocenters. The van der Waals surface area contributed by atoms with Crippen molar-refractivity contribution in [2.24, 2.45) is 0 Å². The number of benzene rings is 10. The Morgan fingerprint density at radius 2 is 0.938 bits per heavy atom. The standard InChI is InChI=1S/C61H39NO2/c1-5-19-40(20-6-1)42-23-17-28-45(37-42)62(46-35-36-48-47-29-13-15-31-51(47)61(52(48)38-46,43-24-9-3-10-25-43)44-26-11-4-12-27-44)53-32-18-34-55-58(53)50-39-56-59(49-30-14-16-33-54(49)63-56)57(60(50)64-55)41-21-7-2-8-22-41/h1-39H. The number of rotatable bonds is 7. The molecule has 64 heavy (non-hydrogen) atoms. The van der Waals surface area contributed by atoms with Crippen molar-refractivity contribution in [1.29, 1.82) is 0 Å².